The Morgan fingerprint density at radius 3 is 2.52 bits per heavy atom. The molecule has 2 aromatic rings. The molecule has 0 aliphatic carbocycles. The summed E-state index contributed by atoms with van der Waals surface area (Å²) in [6.07, 6.45) is 3.08. The first kappa shape index (κ1) is 18.3. The number of carbonyl (C=O) groups is 2. The van der Waals surface area contributed by atoms with Crippen LogP contribution in [0.2, 0.25) is 5.02 Å². The van der Waals surface area contributed by atoms with Crippen molar-refractivity contribution in [2.45, 2.75) is 6.92 Å². The maximum absolute atomic E-state index is 11.7. The second-order valence-electron chi connectivity index (χ2n) is 5.13. The van der Waals surface area contributed by atoms with Crippen molar-refractivity contribution in [2.24, 2.45) is 0 Å². The van der Waals surface area contributed by atoms with Crippen LogP contribution < -0.4 is 10.6 Å². The van der Waals surface area contributed by atoms with Gasteiger partial charge in [-0.1, -0.05) is 41.6 Å². The Labute approximate surface area is 151 Å². The Bertz CT molecular complexity index is 846. The Morgan fingerprint density at radius 1 is 1.12 bits per heavy atom. The van der Waals surface area contributed by atoms with Crippen molar-refractivity contribution in [3.8, 4) is 11.8 Å². The van der Waals surface area contributed by atoms with Crippen molar-refractivity contribution >= 4 is 35.2 Å². The molecule has 25 heavy (non-hydrogen) atoms. The average Bonchev–Trinajstić information content (AvgIpc) is 2.59. The monoisotopic (exact) mass is 352 g/mol. The van der Waals surface area contributed by atoms with Crippen molar-refractivity contribution in [2.75, 3.05) is 11.9 Å². The number of nitrogens with one attached hydrogen (secondary N) is 2. The quantitative estimate of drug-likeness (QED) is 0.653. The van der Waals surface area contributed by atoms with Gasteiger partial charge in [-0.15, -0.1) is 0 Å². The second kappa shape index (κ2) is 9.31. The van der Waals surface area contributed by atoms with Gasteiger partial charge in [0.1, 0.15) is 0 Å². The molecule has 0 saturated heterocycles. The maximum Gasteiger partial charge on any atom is 0.244 e. The Hall–Kier alpha value is -3.03. The molecule has 0 aliphatic rings. The number of benzene rings is 2. The molecular weight excluding hydrogens is 336 g/mol. The largest absolute Gasteiger partial charge is 0.342 e. The van der Waals surface area contributed by atoms with Gasteiger partial charge in [0, 0.05) is 29.3 Å². The standard InChI is InChI=1S/C20H17ClN2O2/c1-15(24)23-18-11-8-16(9-12-18)5-4-14-22-20(25)13-10-17-6-2-3-7-19(17)21/h2-3,6-13H,14H2,1H3,(H,22,25)(H,23,24)/b13-10+. The maximum atomic E-state index is 11.7. The Kier molecular flexibility index (Phi) is 6.82. The van der Waals surface area contributed by atoms with Crippen LogP contribution in [0.3, 0.4) is 0 Å². The van der Waals surface area contributed by atoms with Crippen molar-refractivity contribution in [1.29, 1.82) is 0 Å². The van der Waals surface area contributed by atoms with Crippen LogP contribution in [0.5, 0.6) is 0 Å². The Balaban J connectivity index is 1.82. The number of halogens is 1. The zero-order chi connectivity index (χ0) is 18.1. The van der Waals surface area contributed by atoms with E-state index in [1.165, 1.54) is 13.0 Å². The van der Waals surface area contributed by atoms with Crippen LogP contribution in [0.1, 0.15) is 18.1 Å². The lowest BCUT2D eigenvalue weighted by atomic mass is 10.2. The van der Waals surface area contributed by atoms with Gasteiger partial charge in [-0.2, -0.15) is 0 Å². The predicted octanol–water partition coefficient (Wildman–Crippen LogP) is 3.48. The van der Waals surface area contributed by atoms with E-state index in [0.29, 0.717) is 5.02 Å². The average molecular weight is 353 g/mol. The van der Waals surface area contributed by atoms with Gasteiger partial charge in [-0.3, -0.25) is 9.59 Å². The van der Waals surface area contributed by atoms with Crippen molar-refractivity contribution in [1.82, 2.24) is 5.32 Å². The SMILES string of the molecule is CC(=O)Nc1ccc(C#CCNC(=O)/C=C/c2ccccc2Cl)cc1. The highest BCUT2D eigenvalue weighted by molar-refractivity contribution is 6.32. The first-order chi connectivity index (χ1) is 12.0. The number of amides is 2. The Morgan fingerprint density at radius 2 is 1.84 bits per heavy atom. The van der Waals surface area contributed by atoms with Crippen LogP contribution in [0.15, 0.2) is 54.6 Å². The fraction of sp³-hybridized carbons (Fsp3) is 0.100. The zero-order valence-electron chi connectivity index (χ0n) is 13.7. The summed E-state index contributed by atoms with van der Waals surface area (Å²) in [7, 11) is 0. The molecule has 0 fully saturated rings. The van der Waals surface area contributed by atoms with E-state index in [1.54, 1.807) is 36.4 Å². The summed E-state index contributed by atoms with van der Waals surface area (Å²) in [5.41, 5.74) is 2.30. The molecule has 0 radical (unpaired) electrons. The minimum Gasteiger partial charge on any atom is -0.342 e. The highest BCUT2D eigenvalue weighted by Gasteiger charge is 1.97. The molecule has 2 N–H and O–H groups in total. The van der Waals surface area contributed by atoms with Gasteiger partial charge in [0.15, 0.2) is 0 Å². The van der Waals surface area contributed by atoms with Crippen LogP contribution in [0, 0.1) is 11.8 Å². The number of rotatable bonds is 4. The van der Waals surface area contributed by atoms with E-state index in [-0.39, 0.29) is 18.4 Å². The number of hydrogen-bond donors (Lipinski definition) is 2. The molecule has 126 valence electrons. The second-order valence-corrected chi connectivity index (χ2v) is 5.54. The fourth-order valence-electron chi connectivity index (χ4n) is 1.95. The van der Waals surface area contributed by atoms with Crippen LogP contribution in [-0.4, -0.2) is 18.4 Å². The van der Waals surface area contributed by atoms with Crippen LogP contribution >= 0.6 is 11.6 Å². The van der Waals surface area contributed by atoms with Gasteiger partial charge >= 0.3 is 0 Å². The van der Waals surface area contributed by atoms with Crippen molar-refractivity contribution < 1.29 is 9.59 Å². The third-order valence-electron chi connectivity index (χ3n) is 3.11. The van der Waals surface area contributed by atoms with E-state index in [2.05, 4.69) is 22.5 Å². The van der Waals surface area contributed by atoms with E-state index in [0.717, 1.165) is 16.8 Å². The molecule has 0 atom stereocenters. The van der Waals surface area contributed by atoms with Crippen LogP contribution in [0.25, 0.3) is 6.08 Å². The van der Waals surface area contributed by atoms with Crippen LogP contribution in [0.4, 0.5) is 5.69 Å². The highest BCUT2D eigenvalue weighted by atomic mass is 35.5. The minimum absolute atomic E-state index is 0.119. The summed E-state index contributed by atoms with van der Waals surface area (Å²) in [6.45, 7) is 1.69. The third-order valence-corrected chi connectivity index (χ3v) is 3.45. The topological polar surface area (TPSA) is 58.2 Å². The first-order valence-electron chi connectivity index (χ1n) is 7.61. The van der Waals surface area contributed by atoms with E-state index in [9.17, 15) is 9.59 Å². The van der Waals surface area contributed by atoms with Gasteiger partial charge in [0.25, 0.3) is 0 Å². The lowest BCUT2D eigenvalue weighted by molar-refractivity contribution is -0.116. The molecule has 2 rings (SSSR count). The summed E-state index contributed by atoms with van der Waals surface area (Å²) >= 11 is 6.01. The smallest absolute Gasteiger partial charge is 0.244 e. The zero-order valence-corrected chi connectivity index (χ0v) is 14.4. The predicted molar refractivity (Wildman–Crippen MR) is 101 cm³/mol. The van der Waals surface area contributed by atoms with Gasteiger partial charge in [-0.05, 0) is 42.0 Å². The number of anilines is 1. The molecule has 2 aromatic carbocycles. The summed E-state index contributed by atoms with van der Waals surface area (Å²) in [5.74, 6) is 5.45. The molecular formula is C20H17ClN2O2. The molecule has 2 amide bonds. The third kappa shape index (κ3) is 6.54. The van der Waals surface area contributed by atoms with E-state index in [1.807, 2.05) is 18.2 Å². The molecule has 0 heterocycles. The van der Waals surface area contributed by atoms with E-state index >= 15 is 0 Å². The summed E-state index contributed by atoms with van der Waals surface area (Å²) in [5, 5.41) is 5.96. The molecule has 4 nitrogen and oxygen atoms in total. The summed E-state index contributed by atoms with van der Waals surface area (Å²) < 4.78 is 0. The molecule has 0 unspecified atom stereocenters. The molecule has 0 aromatic heterocycles. The van der Waals surface area contributed by atoms with Gasteiger partial charge in [-0.25, -0.2) is 0 Å². The van der Waals surface area contributed by atoms with Gasteiger partial charge in [0.2, 0.25) is 11.8 Å². The van der Waals surface area contributed by atoms with Gasteiger partial charge in [0.05, 0.1) is 6.54 Å². The lowest BCUT2D eigenvalue weighted by Gasteiger charge is -2.00. The molecule has 0 saturated carbocycles. The lowest BCUT2D eigenvalue weighted by Crippen LogP contribution is -2.20. The normalized spacial score (nSPS) is 10.0. The minimum atomic E-state index is -0.241. The first-order valence-corrected chi connectivity index (χ1v) is 7.99. The summed E-state index contributed by atoms with van der Waals surface area (Å²) in [6, 6.07) is 14.4. The van der Waals surface area contributed by atoms with E-state index < -0.39 is 0 Å². The van der Waals surface area contributed by atoms with Crippen LogP contribution in [-0.2, 0) is 9.59 Å². The molecule has 0 aliphatic heterocycles. The highest BCUT2D eigenvalue weighted by Crippen LogP contribution is 2.15. The molecule has 0 spiro atoms. The fourth-order valence-corrected chi connectivity index (χ4v) is 2.15. The molecule has 0 bridgehead atoms. The number of carbonyl (C=O) groups excluding carboxylic acids is 2. The van der Waals surface area contributed by atoms with Crippen molar-refractivity contribution in [3.63, 3.8) is 0 Å². The van der Waals surface area contributed by atoms with Crippen molar-refractivity contribution in [3.05, 3.63) is 70.8 Å². The van der Waals surface area contributed by atoms with E-state index in [4.69, 9.17) is 11.6 Å². The molecule has 5 heteroatoms. The number of hydrogen-bond acceptors (Lipinski definition) is 2. The summed E-state index contributed by atoms with van der Waals surface area (Å²) in [4.78, 5) is 22.7. The van der Waals surface area contributed by atoms with Gasteiger partial charge < -0.3 is 10.6 Å².